The van der Waals surface area contributed by atoms with Gasteiger partial charge in [0.05, 0.1) is 0 Å². The first kappa shape index (κ1) is 18.8. The summed E-state index contributed by atoms with van der Waals surface area (Å²) in [5.74, 6) is -0.00545. The number of anilines is 1. The van der Waals surface area contributed by atoms with Crippen LogP contribution in [0, 0.1) is 5.92 Å². The second-order valence-corrected chi connectivity index (χ2v) is 7.02. The molecule has 6 nitrogen and oxygen atoms in total. The number of ketones is 1. The van der Waals surface area contributed by atoms with Crippen LogP contribution < -0.4 is 5.32 Å². The number of amides is 2. The molecule has 1 saturated heterocycles. The Morgan fingerprint density at radius 1 is 1.11 bits per heavy atom. The molecule has 2 heterocycles. The number of carbonyl (C=O) groups is 3. The van der Waals surface area contributed by atoms with E-state index in [0.29, 0.717) is 22.7 Å². The number of nitrogens with zero attached hydrogens (tertiary/aromatic N) is 2. The van der Waals surface area contributed by atoms with Crippen molar-refractivity contribution >= 4 is 23.3 Å². The van der Waals surface area contributed by atoms with Gasteiger partial charge < -0.3 is 10.2 Å². The molecule has 1 N–H and O–H groups in total. The van der Waals surface area contributed by atoms with Crippen molar-refractivity contribution in [2.24, 2.45) is 5.92 Å². The Balaban J connectivity index is 1.71. The van der Waals surface area contributed by atoms with Crippen LogP contribution in [0.2, 0.25) is 0 Å². The molecule has 3 rings (SSSR count). The van der Waals surface area contributed by atoms with Crippen LogP contribution in [0.5, 0.6) is 0 Å². The lowest BCUT2D eigenvalue weighted by atomic mass is 9.99. The standard InChI is InChI=1S/C21H23N3O3/c1-14-4-3-11-24(13-14)21(27)17-9-10-22-19(12-17)20(26)23-18-7-5-16(6-8-18)15(2)25/h5-10,12,14H,3-4,11,13H2,1-2H3,(H,23,26). The molecule has 1 aromatic heterocycles. The van der Waals surface area contributed by atoms with E-state index in [1.54, 1.807) is 30.3 Å². The zero-order chi connectivity index (χ0) is 19.4. The van der Waals surface area contributed by atoms with Gasteiger partial charge in [-0.05, 0) is 62.1 Å². The molecular formula is C21H23N3O3. The molecule has 1 atom stereocenters. The van der Waals surface area contributed by atoms with Gasteiger partial charge in [0.1, 0.15) is 5.69 Å². The molecular weight excluding hydrogens is 342 g/mol. The summed E-state index contributed by atoms with van der Waals surface area (Å²) in [4.78, 5) is 42.4. The first-order valence-corrected chi connectivity index (χ1v) is 9.11. The van der Waals surface area contributed by atoms with E-state index in [-0.39, 0.29) is 17.4 Å². The Kier molecular flexibility index (Phi) is 5.64. The minimum absolute atomic E-state index is 0.0345. The third-order valence-corrected chi connectivity index (χ3v) is 4.73. The Labute approximate surface area is 158 Å². The summed E-state index contributed by atoms with van der Waals surface area (Å²) in [5, 5.41) is 2.74. The van der Waals surface area contributed by atoms with Gasteiger partial charge in [-0.2, -0.15) is 0 Å². The third-order valence-electron chi connectivity index (χ3n) is 4.73. The first-order chi connectivity index (χ1) is 12.9. The number of carbonyl (C=O) groups excluding carboxylic acids is 3. The lowest BCUT2D eigenvalue weighted by molar-refractivity contribution is 0.0682. The van der Waals surface area contributed by atoms with Crippen LogP contribution in [0.3, 0.4) is 0 Å². The van der Waals surface area contributed by atoms with Gasteiger partial charge in [-0.15, -0.1) is 0 Å². The van der Waals surface area contributed by atoms with Crippen LogP contribution in [-0.2, 0) is 0 Å². The van der Waals surface area contributed by atoms with Gasteiger partial charge in [0, 0.05) is 36.1 Å². The summed E-state index contributed by atoms with van der Waals surface area (Å²) in [6.07, 6.45) is 3.62. The number of hydrogen-bond acceptors (Lipinski definition) is 4. The van der Waals surface area contributed by atoms with Crippen LogP contribution >= 0.6 is 0 Å². The fourth-order valence-corrected chi connectivity index (χ4v) is 3.23. The number of hydrogen-bond donors (Lipinski definition) is 1. The van der Waals surface area contributed by atoms with Gasteiger partial charge in [0.25, 0.3) is 11.8 Å². The fourth-order valence-electron chi connectivity index (χ4n) is 3.23. The molecule has 2 amide bonds. The monoisotopic (exact) mass is 365 g/mol. The molecule has 1 aliphatic heterocycles. The Bertz CT molecular complexity index is 861. The van der Waals surface area contributed by atoms with Gasteiger partial charge in [-0.3, -0.25) is 19.4 Å². The van der Waals surface area contributed by atoms with E-state index in [1.165, 1.54) is 19.2 Å². The number of nitrogens with one attached hydrogen (secondary N) is 1. The van der Waals surface area contributed by atoms with Crippen LogP contribution in [0.15, 0.2) is 42.6 Å². The van der Waals surface area contributed by atoms with Crippen LogP contribution in [0.1, 0.15) is 57.9 Å². The highest BCUT2D eigenvalue weighted by Gasteiger charge is 2.23. The van der Waals surface area contributed by atoms with Crippen molar-refractivity contribution in [2.45, 2.75) is 26.7 Å². The van der Waals surface area contributed by atoms with E-state index in [2.05, 4.69) is 17.2 Å². The maximum Gasteiger partial charge on any atom is 0.274 e. The van der Waals surface area contributed by atoms with Crippen molar-refractivity contribution in [1.29, 1.82) is 0 Å². The topological polar surface area (TPSA) is 79.4 Å². The van der Waals surface area contributed by atoms with E-state index < -0.39 is 5.91 Å². The second-order valence-electron chi connectivity index (χ2n) is 7.02. The Hall–Kier alpha value is -3.02. The minimum atomic E-state index is -0.396. The zero-order valence-electron chi connectivity index (χ0n) is 15.6. The predicted octanol–water partition coefficient (Wildman–Crippen LogP) is 3.41. The molecule has 1 fully saturated rings. The lowest BCUT2D eigenvalue weighted by Crippen LogP contribution is -2.39. The molecule has 0 bridgehead atoms. The van der Waals surface area contributed by atoms with E-state index >= 15 is 0 Å². The number of benzene rings is 1. The fraction of sp³-hybridized carbons (Fsp3) is 0.333. The molecule has 27 heavy (non-hydrogen) atoms. The third kappa shape index (κ3) is 4.58. The largest absolute Gasteiger partial charge is 0.338 e. The molecule has 2 aromatic rings. The van der Waals surface area contributed by atoms with Gasteiger partial charge >= 0.3 is 0 Å². The Morgan fingerprint density at radius 2 is 1.85 bits per heavy atom. The quantitative estimate of drug-likeness (QED) is 0.842. The highest BCUT2D eigenvalue weighted by atomic mass is 16.2. The van der Waals surface area contributed by atoms with Crippen LogP contribution in [0.25, 0.3) is 0 Å². The molecule has 0 spiro atoms. The highest BCUT2D eigenvalue weighted by molar-refractivity contribution is 6.05. The Morgan fingerprint density at radius 3 is 2.52 bits per heavy atom. The molecule has 140 valence electrons. The highest BCUT2D eigenvalue weighted by Crippen LogP contribution is 2.18. The van der Waals surface area contributed by atoms with E-state index in [0.717, 1.165) is 25.9 Å². The van der Waals surface area contributed by atoms with Gasteiger partial charge in [-0.25, -0.2) is 0 Å². The smallest absolute Gasteiger partial charge is 0.274 e. The van der Waals surface area contributed by atoms with Crippen molar-refractivity contribution in [1.82, 2.24) is 9.88 Å². The maximum absolute atomic E-state index is 12.7. The average molecular weight is 365 g/mol. The molecule has 0 radical (unpaired) electrons. The maximum atomic E-state index is 12.7. The summed E-state index contributed by atoms with van der Waals surface area (Å²) < 4.78 is 0. The molecule has 0 aliphatic carbocycles. The molecule has 0 saturated carbocycles. The lowest BCUT2D eigenvalue weighted by Gasteiger charge is -2.31. The number of likely N-dealkylation sites (tertiary alicyclic amines) is 1. The number of pyridine rings is 1. The number of piperidine rings is 1. The SMILES string of the molecule is CC(=O)c1ccc(NC(=O)c2cc(C(=O)N3CCCC(C)C3)ccn2)cc1. The van der Waals surface area contributed by atoms with Crippen LogP contribution in [-0.4, -0.2) is 40.6 Å². The zero-order valence-corrected chi connectivity index (χ0v) is 15.6. The van der Waals surface area contributed by atoms with Crippen molar-refractivity contribution in [3.63, 3.8) is 0 Å². The van der Waals surface area contributed by atoms with Gasteiger partial charge in [-0.1, -0.05) is 6.92 Å². The van der Waals surface area contributed by atoms with Crippen molar-refractivity contribution in [3.8, 4) is 0 Å². The summed E-state index contributed by atoms with van der Waals surface area (Å²) in [7, 11) is 0. The van der Waals surface area contributed by atoms with Gasteiger partial charge in [0.15, 0.2) is 5.78 Å². The summed E-state index contributed by atoms with van der Waals surface area (Å²) >= 11 is 0. The predicted molar refractivity (Wildman–Crippen MR) is 103 cm³/mol. The first-order valence-electron chi connectivity index (χ1n) is 9.11. The summed E-state index contributed by atoms with van der Waals surface area (Å²) in [6.45, 7) is 5.12. The number of Topliss-reactive ketones (excluding diaryl/α,β-unsaturated/α-hetero) is 1. The molecule has 1 aliphatic rings. The van der Waals surface area contributed by atoms with Crippen LogP contribution in [0.4, 0.5) is 5.69 Å². The van der Waals surface area contributed by atoms with E-state index in [1.807, 2.05) is 4.90 Å². The van der Waals surface area contributed by atoms with Crippen molar-refractivity contribution < 1.29 is 14.4 Å². The molecule has 1 unspecified atom stereocenters. The van der Waals surface area contributed by atoms with Crippen molar-refractivity contribution in [2.75, 3.05) is 18.4 Å². The van der Waals surface area contributed by atoms with E-state index in [4.69, 9.17) is 0 Å². The number of aromatic nitrogens is 1. The minimum Gasteiger partial charge on any atom is -0.338 e. The van der Waals surface area contributed by atoms with Crippen molar-refractivity contribution in [3.05, 3.63) is 59.4 Å². The average Bonchev–Trinajstić information content (AvgIpc) is 2.68. The summed E-state index contributed by atoms with van der Waals surface area (Å²) in [6, 6.07) is 9.81. The molecule has 1 aromatic carbocycles. The van der Waals surface area contributed by atoms with Gasteiger partial charge in [0.2, 0.25) is 0 Å². The molecule has 6 heteroatoms. The summed E-state index contributed by atoms with van der Waals surface area (Å²) in [5.41, 5.74) is 1.79. The van der Waals surface area contributed by atoms with E-state index in [9.17, 15) is 14.4 Å². The normalized spacial score (nSPS) is 16.7. The second kappa shape index (κ2) is 8.12. The number of rotatable bonds is 4.